The molecule has 0 saturated heterocycles. The van der Waals surface area contributed by atoms with Gasteiger partial charge in [-0.1, -0.05) is 12.1 Å². The molecular formula is C23H23FN2O6. The standard InChI is InChI=1S/C23H23FN2O6/c1-15-21(25-16(2)31-15)11-12-30-19-7-3-17(4-8-19)13-26(14-22(27)28)23(29)32-20-9-5-18(24)6-10-20/h3-10H,11-14H2,1-2H3,(H,27,28). The summed E-state index contributed by atoms with van der Waals surface area (Å²) in [6, 6.07) is 11.8. The summed E-state index contributed by atoms with van der Waals surface area (Å²) in [5.41, 5.74) is 1.54. The van der Waals surface area contributed by atoms with E-state index in [4.69, 9.17) is 19.0 Å². The second kappa shape index (κ2) is 10.4. The van der Waals surface area contributed by atoms with E-state index >= 15 is 0 Å². The predicted octanol–water partition coefficient (Wildman–Crippen LogP) is 4.14. The Kier molecular flexibility index (Phi) is 7.43. The number of aliphatic carboxylic acids is 1. The molecule has 1 aromatic heterocycles. The number of rotatable bonds is 9. The van der Waals surface area contributed by atoms with Gasteiger partial charge in [-0.2, -0.15) is 0 Å². The van der Waals surface area contributed by atoms with Crippen LogP contribution in [-0.2, 0) is 17.8 Å². The van der Waals surface area contributed by atoms with Gasteiger partial charge >= 0.3 is 12.1 Å². The second-order valence-corrected chi connectivity index (χ2v) is 7.05. The first kappa shape index (κ1) is 22.8. The second-order valence-electron chi connectivity index (χ2n) is 7.05. The maximum absolute atomic E-state index is 13.0. The van der Waals surface area contributed by atoms with Crippen molar-refractivity contribution in [2.45, 2.75) is 26.8 Å². The number of nitrogens with zero attached hydrogens (tertiary/aromatic N) is 2. The summed E-state index contributed by atoms with van der Waals surface area (Å²) in [5.74, 6) is 0.483. The fourth-order valence-corrected chi connectivity index (χ4v) is 3.00. The largest absolute Gasteiger partial charge is 0.493 e. The van der Waals surface area contributed by atoms with Crippen LogP contribution in [0, 0.1) is 19.7 Å². The van der Waals surface area contributed by atoms with Crippen molar-refractivity contribution in [3.8, 4) is 11.5 Å². The number of carboxylic acid groups (broad SMARTS) is 1. The van der Waals surface area contributed by atoms with E-state index < -0.39 is 24.4 Å². The van der Waals surface area contributed by atoms with E-state index in [0.29, 0.717) is 30.2 Å². The minimum absolute atomic E-state index is 0.0179. The van der Waals surface area contributed by atoms with Crippen molar-refractivity contribution >= 4 is 12.1 Å². The molecule has 3 aromatic rings. The highest BCUT2D eigenvalue weighted by Crippen LogP contribution is 2.17. The molecule has 168 valence electrons. The van der Waals surface area contributed by atoms with Gasteiger partial charge in [0.05, 0.1) is 12.3 Å². The maximum atomic E-state index is 13.0. The Balaban J connectivity index is 1.57. The molecule has 1 amide bonds. The molecule has 1 N–H and O–H groups in total. The van der Waals surface area contributed by atoms with Crippen LogP contribution in [0.1, 0.15) is 22.9 Å². The number of benzene rings is 2. The van der Waals surface area contributed by atoms with Crippen molar-refractivity contribution < 1.29 is 33.0 Å². The quantitative estimate of drug-likeness (QED) is 0.531. The number of hydrogen-bond donors (Lipinski definition) is 1. The molecule has 0 aliphatic carbocycles. The first-order valence-corrected chi connectivity index (χ1v) is 9.89. The number of hydrogen-bond acceptors (Lipinski definition) is 6. The van der Waals surface area contributed by atoms with Crippen LogP contribution in [0.5, 0.6) is 11.5 Å². The SMILES string of the molecule is Cc1nc(CCOc2ccc(CN(CC(=O)O)C(=O)Oc3ccc(F)cc3)cc2)c(C)o1. The monoisotopic (exact) mass is 442 g/mol. The summed E-state index contributed by atoms with van der Waals surface area (Å²) < 4.78 is 29.3. The summed E-state index contributed by atoms with van der Waals surface area (Å²) in [4.78, 5) is 28.9. The van der Waals surface area contributed by atoms with Gasteiger partial charge in [0.2, 0.25) is 0 Å². The molecule has 9 heteroatoms. The van der Waals surface area contributed by atoms with E-state index in [2.05, 4.69) is 4.98 Å². The lowest BCUT2D eigenvalue weighted by Gasteiger charge is -2.20. The molecule has 0 radical (unpaired) electrons. The van der Waals surface area contributed by atoms with E-state index in [0.717, 1.165) is 28.5 Å². The summed E-state index contributed by atoms with van der Waals surface area (Å²) in [6.07, 6.45) is -0.246. The Morgan fingerprint density at radius 3 is 2.31 bits per heavy atom. The van der Waals surface area contributed by atoms with Gasteiger partial charge < -0.3 is 19.0 Å². The van der Waals surface area contributed by atoms with Gasteiger partial charge in [-0.3, -0.25) is 9.69 Å². The predicted molar refractivity (Wildman–Crippen MR) is 112 cm³/mol. The number of halogens is 1. The van der Waals surface area contributed by atoms with Gasteiger partial charge in [-0.05, 0) is 48.9 Å². The molecular weight excluding hydrogens is 419 g/mol. The molecule has 0 aliphatic rings. The third-order valence-corrected chi connectivity index (χ3v) is 4.51. The van der Waals surface area contributed by atoms with Crippen LogP contribution < -0.4 is 9.47 Å². The Hall–Kier alpha value is -3.88. The third kappa shape index (κ3) is 6.56. The number of aryl methyl sites for hydroxylation is 2. The summed E-state index contributed by atoms with van der Waals surface area (Å²) >= 11 is 0. The van der Waals surface area contributed by atoms with Gasteiger partial charge in [0, 0.05) is 19.9 Å². The Bertz CT molecular complexity index is 1060. The van der Waals surface area contributed by atoms with Gasteiger partial charge in [0.25, 0.3) is 0 Å². The summed E-state index contributed by atoms with van der Waals surface area (Å²) in [7, 11) is 0. The normalized spacial score (nSPS) is 10.6. The summed E-state index contributed by atoms with van der Waals surface area (Å²) in [6.45, 7) is 3.54. The highest BCUT2D eigenvalue weighted by Gasteiger charge is 2.19. The van der Waals surface area contributed by atoms with Crippen LogP contribution in [0.2, 0.25) is 0 Å². The maximum Gasteiger partial charge on any atom is 0.416 e. The molecule has 32 heavy (non-hydrogen) atoms. The number of carbonyl (C=O) groups excluding carboxylic acids is 1. The minimum atomic E-state index is -1.18. The highest BCUT2D eigenvalue weighted by atomic mass is 19.1. The molecule has 8 nitrogen and oxygen atoms in total. The Morgan fingerprint density at radius 2 is 1.72 bits per heavy atom. The molecule has 0 fully saturated rings. The number of ether oxygens (including phenoxy) is 2. The van der Waals surface area contributed by atoms with E-state index in [1.807, 2.05) is 6.92 Å². The highest BCUT2D eigenvalue weighted by molar-refractivity contribution is 5.78. The fourth-order valence-electron chi connectivity index (χ4n) is 3.00. The van der Waals surface area contributed by atoms with Crippen LogP contribution in [0.3, 0.4) is 0 Å². The van der Waals surface area contributed by atoms with Crippen molar-refractivity contribution in [1.82, 2.24) is 9.88 Å². The molecule has 0 unspecified atom stereocenters. The summed E-state index contributed by atoms with van der Waals surface area (Å²) in [5, 5.41) is 9.14. The van der Waals surface area contributed by atoms with Crippen molar-refractivity contribution in [1.29, 1.82) is 0 Å². The van der Waals surface area contributed by atoms with Crippen LogP contribution in [0.4, 0.5) is 9.18 Å². The average Bonchev–Trinajstić information content (AvgIpc) is 3.07. The van der Waals surface area contributed by atoms with Crippen LogP contribution in [0.25, 0.3) is 0 Å². The van der Waals surface area contributed by atoms with Crippen LogP contribution in [0.15, 0.2) is 52.9 Å². The lowest BCUT2D eigenvalue weighted by atomic mass is 10.2. The molecule has 0 aliphatic heterocycles. The third-order valence-electron chi connectivity index (χ3n) is 4.51. The van der Waals surface area contributed by atoms with E-state index in [1.165, 1.54) is 12.1 Å². The number of carbonyl (C=O) groups is 2. The van der Waals surface area contributed by atoms with Gasteiger partial charge in [0.1, 0.15) is 29.6 Å². The zero-order valence-corrected chi connectivity index (χ0v) is 17.7. The van der Waals surface area contributed by atoms with Gasteiger partial charge in [0.15, 0.2) is 5.89 Å². The first-order chi connectivity index (χ1) is 15.3. The zero-order chi connectivity index (χ0) is 23.1. The van der Waals surface area contributed by atoms with Gasteiger partial charge in [-0.25, -0.2) is 14.2 Å². The number of aromatic nitrogens is 1. The van der Waals surface area contributed by atoms with E-state index in [9.17, 15) is 14.0 Å². The fraction of sp³-hybridized carbons (Fsp3) is 0.261. The molecule has 0 spiro atoms. The first-order valence-electron chi connectivity index (χ1n) is 9.89. The van der Waals surface area contributed by atoms with E-state index in [-0.39, 0.29) is 12.3 Å². The van der Waals surface area contributed by atoms with Crippen LogP contribution >= 0.6 is 0 Å². The number of amides is 1. The van der Waals surface area contributed by atoms with Crippen molar-refractivity contribution in [2.24, 2.45) is 0 Å². The molecule has 0 atom stereocenters. The Labute approximate surface area is 184 Å². The molecule has 0 saturated carbocycles. The Morgan fingerprint density at radius 1 is 1.06 bits per heavy atom. The number of carboxylic acids is 1. The smallest absolute Gasteiger partial charge is 0.416 e. The molecule has 2 aromatic carbocycles. The van der Waals surface area contributed by atoms with Gasteiger partial charge in [-0.15, -0.1) is 0 Å². The lowest BCUT2D eigenvalue weighted by Crippen LogP contribution is -2.37. The van der Waals surface area contributed by atoms with Crippen LogP contribution in [-0.4, -0.2) is 40.2 Å². The number of oxazole rings is 1. The molecule has 0 bridgehead atoms. The lowest BCUT2D eigenvalue weighted by molar-refractivity contribution is -0.138. The average molecular weight is 442 g/mol. The van der Waals surface area contributed by atoms with Crippen molar-refractivity contribution in [3.05, 3.63) is 77.3 Å². The minimum Gasteiger partial charge on any atom is -0.493 e. The molecule has 1 heterocycles. The van der Waals surface area contributed by atoms with E-state index in [1.54, 1.807) is 31.2 Å². The topological polar surface area (TPSA) is 102 Å². The van der Waals surface area contributed by atoms with Crippen molar-refractivity contribution in [2.75, 3.05) is 13.2 Å². The zero-order valence-electron chi connectivity index (χ0n) is 17.7. The molecule has 3 rings (SSSR count). The van der Waals surface area contributed by atoms with Crippen molar-refractivity contribution in [3.63, 3.8) is 0 Å².